The van der Waals surface area contributed by atoms with Crippen LogP contribution >= 0.6 is 23.4 Å². The van der Waals surface area contributed by atoms with E-state index in [4.69, 9.17) is 11.6 Å². The van der Waals surface area contributed by atoms with Crippen molar-refractivity contribution in [1.29, 1.82) is 0 Å². The van der Waals surface area contributed by atoms with E-state index in [1.165, 1.54) is 0 Å². The zero-order valence-corrected chi connectivity index (χ0v) is 14.6. The van der Waals surface area contributed by atoms with Gasteiger partial charge in [0.15, 0.2) is 0 Å². The third-order valence-corrected chi connectivity index (χ3v) is 5.16. The fourth-order valence-corrected chi connectivity index (χ4v) is 3.80. The van der Waals surface area contributed by atoms with E-state index in [0.717, 1.165) is 41.5 Å². The van der Waals surface area contributed by atoms with Gasteiger partial charge in [-0.1, -0.05) is 23.7 Å². The Balaban J connectivity index is 1.71. The number of carbonyl (C=O) groups is 3. The van der Waals surface area contributed by atoms with Crippen LogP contribution in [0.1, 0.15) is 24.8 Å². The largest absolute Gasteiger partial charge is 0.341 e. The number of halogens is 1. The Labute approximate surface area is 149 Å². The Hall–Kier alpha value is -1.79. The van der Waals surface area contributed by atoms with Gasteiger partial charge in [-0.3, -0.25) is 19.3 Å². The second kappa shape index (κ2) is 7.40. The average Bonchev–Trinajstić information content (AvgIpc) is 2.83. The van der Waals surface area contributed by atoms with Gasteiger partial charge in [0.05, 0.1) is 4.91 Å². The molecule has 3 amide bonds. The van der Waals surface area contributed by atoms with Crippen molar-refractivity contribution in [3.8, 4) is 0 Å². The quantitative estimate of drug-likeness (QED) is 0.771. The Bertz CT molecular complexity index is 714. The lowest BCUT2D eigenvalue weighted by Crippen LogP contribution is -2.44. The topological polar surface area (TPSA) is 57.7 Å². The van der Waals surface area contributed by atoms with Crippen molar-refractivity contribution in [3.63, 3.8) is 0 Å². The molecule has 0 spiro atoms. The van der Waals surface area contributed by atoms with Gasteiger partial charge in [-0.15, -0.1) is 0 Å². The van der Waals surface area contributed by atoms with E-state index in [0.29, 0.717) is 23.0 Å². The summed E-state index contributed by atoms with van der Waals surface area (Å²) in [6.45, 7) is 1.22. The predicted molar refractivity (Wildman–Crippen MR) is 94.6 cm³/mol. The normalized spacial score (nSPS) is 20.1. The van der Waals surface area contributed by atoms with Crippen LogP contribution in [-0.4, -0.2) is 46.5 Å². The van der Waals surface area contributed by atoms with Crippen LogP contribution in [0.4, 0.5) is 4.79 Å². The number of carbonyl (C=O) groups excluding carboxylic acids is 3. The molecule has 2 aliphatic rings. The number of nitrogens with zero attached hydrogens (tertiary/aromatic N) is 2. The summed E-state index contributed by atoms with van der Waals surface area (Å²) in [7, 11) is 0. The number of benzene rings is 1. The molecule has 2 fully saturated rings. The molecular formula is C17H17ClN2O3S. The van der Waals surface area contributed by atoms with Crippen molar-refractivity contribution in [2.75, 3.05) is 19.6 Å². The lowest BCUT2D eigenvalue weighted by molar-refractivity contribution is -0.136. The van der Waals surface area contributed by atoms with Crippen LogP contribution in [0, 0.1) is 0 Å². The second-order valence-corrected chi connectivity index (χ2v) is 7.19. The van der Waals surface area contributed by atoms with Gasteiger partial charge in [0, 0.05) is 18.1 Å². The molecule has 0 unspecified atom stereocenters. The van der Waals surface area contributed by atoms with Gasteiger partial charge in [0.2, 0.25) is 5.91 Å². The maximum atomic E-state index is 12.4. The number of imide groups is 1. The highest BCUT2D eigenvalue weighted by Crippen LogP contribution is 2.32. The molecule has 0 atom stereocenters. The van der Waals surface area contributed by atoms with Gasteiger partial charge in [-0.25, -0.2) is 0 Å². The maximum absolute atomic E-state index is 12.4. The smallest absolute Gasteiger partial charge is 0.294 e. The molecule has 0 radical (unpaired) electrons. The minimum absolute atomic E-state index is 0.166. The minimum Gasteiger partial charge on any atom is -0.341 e. The molecule has 2 heterocycles. The van der Waals surface area contributed by atoms with Gasteiger partial charge in [0.1, 0.15) is 6.54 Å². The molecule has 2 aliphatic heterocycles. The molecule has 126 valence electrons. The number of amides is 3. The first-order valence-electron chi connectivity index (χ1n) is 7.83. The van der Waals surface area contributed by atoms with E-state index in [-0.39, 0.29) is 12.5 Å². The number of rotatable bonds is 3. The van der Waals surface area contributed by atoms with Gasteiger partial charge >= 0.3 is 0 Å². The van der Waals surface area contributed by atoms with Crippen LogP contribution < -0.4 is 0 Å². The fourth-order valence-electron chi connectivity index (χ4n) is 2.76. The van der Waals surface area contributed by atoms with Crippen LogP contribution in [0.15, 0.2) is 29.2 Å². The lowest BCUT2D eigenvalue weighted by atomic mass is 10.1. The zero-order valence-electron chi connectivity index (χ0n) is 13.0. The minimum atomic E-state index is -0.421. The van der Waals surface area contributed by atoms with E-state index in [1.54, 1.807) is 35.2 Å². The Morgan fingerprint density at radius 3 is 2.67 bits per heavy atom. The summed E-state index contributed by atoms with van der Waals surface area (Å²) in [4.78, 5) is 39.9. The van der Waals surface area contributed by atoms with Crippen LogP contribution in [-0.2, 0) is 9.59 Å². The third kappa shape index (κ3) is 3.82. The summed E-state index contributed by atoms with van der Waals surface area (Å²) in [5.41, 5.74) is 0.746. The molecule has 1 aromatic rings. The third-order valence-electron chi connectivity index (χ3n) is 4.02. The number of piperidine rings is 1. The summed E-state index contributed by atoms with van der Waals surface area (Å²) in [5.74, 6) is -0.587. The van der Waals surface area contributed by atoms with E-state index in [2.05, 4.69) is 0 Å². The maximum Gasteiger partial charge on any atom is 0.294 e. The van der Waals surface area contributed by atoms with Crippen LogP contribution in [0.2, 0.25) is 5.02 Å². The molecule has 24 heavy (non-hydrogen) atoms. The lowest BCUT2D eigenvalue weighted by Gasteiger charge is -2.27. The van der Waals surface area contributed by atoms with E-state index in [1.807, 2.05) is 0 Å². The molecule has 3 rings (SSSR count). The molecule has 5 nitrogen and oxygen atoms in total. The molecule has 0 bridgehead atoms. The van der Waals surface area contributed by atoms with E-state index >= 15 is 0 Å². The average molecular weight is 365 g/mol. The SMILES string of the molecule is O=C(CN1C(=O)S/C(=C\c2cccc(Cl)c2)C1=O)N1CCCCC1. The number of hydrogen-bond acceptors (Lipinski definition) is 4. The summed E-state index contributed by atoms with van der Waals surface area (Å²) in [5, 5.41) is 0.155. The first kappa shape index (κ1) is 17.0. The predicted octanol–water partition coefficient (Wildman–Crippen LogP) is 3.39. The molecule has 0 aromatic heterocycles. The fraction of sp³-hybridized carbons (Fsp3) is 0.353. The molecule has 7 heteroatoms. The van der Waals surface area contributed by atoms with Gasteiger partial charge in [-0.05, 0) is 54.8 Å². The van der Waals surface area contributed by atoms with Crippen molar-refractivity contribution < 1.29 is 14.4 Å². The Morgan fingerprint density at radius 2 is 1.96 bits per heavy atom. The Kier molecular flexibility index (Phi) is 5.26. The number of likely N-dealkylation sites (tertiary alicyclic amines) is 1. The highest BCUT2D eigenvalue weighted by molar-refractivity contribution is 8.18. The van der Waals surface area contributed by atoms with Crippen LogP contribution in [0.5, 0.6) is 0 Å². The monoisotopic (exact) mass is 364 g/mol. The molecule has 0 saturated carbocycles. The van der Waals surface area contributed by atoms with Crippen molar-refractivity contribution >= 4 is 46.5 Å². The van der Waals surface area contributed by atoms with Crippen molar-refractivity contribution in [2.45, 2.75) is 19.3 Å². The van der Waals surface area contributed by atoms with Crippen LogP contribution in [0.3, 0.4) is 0 Å². The van der Waals surface area contributed by atoms with Gasteiger partial charge in [0.25, 0.3) is 11.1 Å². The van der Waals surface area contributed by atoms with Gasteiger partial charge < -0.3 is 4.90 Å². The summed E-state index contributed by atoms with van der Waals surface area (Å²) >= 11 is 6.79. The summed E-state index contributed by atoms with van der Waals surface area (Å²) in [6.07, 6.45) is 4.69. The molecule has 2 saturated heterocycles. The molecule has 0 N–H and O–H groups in total. The number of thioether (sulfide) groups is 1. The second-order valence-electron chi connectivity index (χ2n) is 5.76. The molecular weight excluding hydrogens is 348 g/mol. The van der Waals surface area contributed by atoms with E-state index < -0.39 is 11.1 Å². The van der Waals surface area contributed by atoms with Crippen molar-refractivity contribution in [1.82, 2.24) is 9.80 Å². The van der Waals surface area contributed by atoms with Crippen LogP contribution in [0.25, 0.3) is 6.08 Å². The van der Waals surface area contributed by atoms with Gasteiger partial charge in [-0.2, -0.15) is 0 Å². The standard InChI is InChI=1S/C17H17ClN2O3S/c18-13-6-4-5-12(9-13)10-14-16(22)20(17(23)24-14)11-15(21)19-7-2-1-3-8-19/h4-6,9-10H,1-3,7-8,11H2/b14-10-. The zero-order chi connectivity index (χ0) is 17.1. The van der Waals surface area contributed by atoms with Crippen molar-refractivity contribution in [2.24, 2.45) is 0 Å². The summed E-state index contributed by atoms with van der Waals surface area (Å²) in [6, 6.07) is 7.04. The molecule has 1 aromatic carbocycles. The summed E-state index contributed by atoms with van der Waals surface area (Å²) < 4.78 is 0. The highest BCUT2D eigenvalue weighted by atomic mass is 35.5. The van der Waals surface area contributed by atoms with Crippen molar-refractivity contribution in [3.05, 3.63) is 39.8 Å². The highest BCUT2D eigenvalue weighted by Gasteiger charge is 2.37. The first-order valence-corrected chi connectivity index (χ1v) is 9.03. The number of hydrogen-bond donors (Lipinski definition) is 0. The molecule has 0 aliphatic carbocycles. The van der Waals surface area contributed by atoms with E-state index in [9.17, 15) is 14.4 Å². The Morgan fingerprint density at radius 1 is 1.21 bits per heavy atom. The first-order chi connectivity index (χ1) is 11.5.